The summed E-state index contributed by atoms with van der Waals surface area (Å²) in [6.07, 6.45) is 5.34. The van der Waals surface area contributed by atoms with Crippen molar-refractivity contribution in [1.82, 2.24) is 0 Å². The molecule has 0 aliphatic heterocycles. The van der Waals surface area contributed by atoms with Crippen LogP contribution < -0.4 is 0 Å². The van der Waals surface area contributed by atoms with E-state index in [2.05, 4.69) is 0 Å². The molecule has 0 saturated carbocycles. The van der Waals surface area contributed by atoms with E-state index in [9.17, 15) is 9.90 Å². The van der Waals surface area contributed by atoms with Crippen LogP contribution in [0.1, 0.15) is 40.4 Å². The molecule has 0 aliphatic carbocycles. The van der Waals surface area contributed by atoms with Crippen LogP contribution in [0.5, 0.6) is 5.75 Å². The summed E-state index contributed by atoms with van der Waals surface area (Å²) in [5.74, 6) is -1.23. The molecule has 0 saturated heterocycles. The van der Waals surface area contributed by atoms with Crippen LogP contribution in [0.2, 0.25) is 0 Å². The molecule has 2 aromatic carbocycles. The number of aromatic carboxylic acids is 1. The van der Waals surface area contributed by atoms with Gasteiger partial charge in [0.1, 0.15) is 11.3 Å². The molecule has 0 fully saturated rings. The molecular formula is C18H18O3. The van der Waals surface area contributed by atoms with Gasteiger partial charge in [-0.1, -0.05) is 61.9 Å². The van der Waals surface area contributed by atoms with Crippen LogP contribution >= 0.6 is 0 Å². The smallest absolute Gasteiger partial charge is 0.339 e. The van der Waals surface area contributed by atoms with Crippen molar-refractivity contribution >= 4 is 18.1 Å². The molecule has 0 unspecified atom stereocenters. The van der Waals surface area contributed by atoms with Gasteiger partial charge in [-0.2, -0.15) is 0 Å². The highest BCUT2D eigenvalue weighted by Crippen LogP contribution is 2.29. The first kappa shape index (κ1) is 14.9. The molecular weight excluding hydrogens is 264 g/mol. The lowest BCUT2D eigenvalue weighted by Gasteiger charge is -2.10. The molecule has 0 amide bonds. The maximum atomic E-state index is 11.1. The quantitative estimate of drug-likeness (QED) is 0.807. The van der Waals surface area contributed by atoms with Crippen LogP contribution in [0, 0.1) is 0 Å². The van der Waals surface area contributed by atoms with Gasteiger partial charge in [-0.05, 0) is 23.6 Å². The molecule has 3 heteroatoms. The fraction of sp³-hybridized carbons (Fsp3) is 0.167. The van der Waals surface area contributed by atoms with Gasteiger partial charge in [0.15, 0.2) is 0 Å². The molecule has 2 rings (SSSR count). The molecule has 108 valence electrons. The molecule has 3 nitrogen and oxygen atoms in total. The highest BCUT2D eigenvalue weighted by atomic mass is 16.4. The Labute approximate surface area is 124 Å². The van der Waals surface area contributed by atoms with E-state index in [4.69, 9.17) is 5.11 Å². The largest absolute Gasteiger partial charge is 0.507 e. The first-order valence-electron chi connectivity index (χ1n) is 6.94. The van der Waals surface area contributed by atoms with E-state index in [1.807, 2.05) is 49.4 Å². The second-order valence-corrected chi connectivity index (χ2v) is 4.83. The summed E-state index contributed by atoms with van der Waals surface area (Å²) in [6.45, 7) is 2.00. The van der Waals surface area contributed by atoms with Crippen LogP contribution in [0.25, 0.3) is 12.2 Å². The number of carbonyl (C=O) groups is 1. The van der Waals surface area contributed by atoms with Crippen molar-refractivity contribution in [2.45, 2.75) is 19.8 Å². The zero-order valence-electron chi connectivity index (χ0n) is 11.9. The van der Waals surface area contributed by atoms with Gasteiger partial charge < -0.3 is 10.2 Å². The minimum Gasteiger partial charge on any atom is -0.507 e. The van der Waals surface area contributed by atoms with Gasteiger partial charge in [-0.3, -0.25) is 0 Å². The highest BCUT2D eigenvalue weighted by molar-refractivity contribution is 5.92. The molecule has 0 heterocycles. The van der Waals surface area contributed by atoms with Gasteiger partial charge in [-0.15, -0.1) is 0 Å². The lowest BCUT2D eigenvalue weighted by molar-refractivity contribution is 0.0693. The van der Waals surface area contributed by atoms with E-state index in [1.54, 1.807) is 6.07 Å². The normalized spacial score (nSPS) is 10.9. The Hall–Kier alpha value is -2.55. The first-order valence-corrected chi connectivity index (χ1v) is 6.94. The lowest BCUT2D eigenvalue weighted by atomic mass is 9.97. The Morgan fingerprint density at radius 2 is 1.81 bits per heavy atom. The van der Waals surface area contributed by atoms with Gasteiger partial charge in [0.05, 0.1) is 0 Å². The summed E-state index contributed by atoms with van der Waals surface area (Å²) in [5, 5.41) is 19.2. The summed E-state index contributed by atoms with van der Waals surface area (Å²) < 4.78 is 0. The van der Waals surface area contributed by atoms with E-state index in [1.165, 1.54) is 6.07 Å². The minimum atomic E-state index is -1.11. The van der Waals surface area contributed by atoms with E-state index in [-0.39, 0.29) is 11.3 Å². The Bertz CT molecular complexity index is 658. The molecule has 0 aromatic heterocycles. The number of carboxylic acid groups (broad SMARTS) is 1. The molecule has 2 N–H and O–H groups in total. The van der Waals surface area contributed by atoms with Crippen molar-refractivity contribution in [3.05, 3.63) is 64.7 Å². The number of phenols is 1. The van der Waals surface area contributed by atoms with E-state index in [0.29, 0.717) is 12.0 Å². The fourth-order valence-electron chi connectivity index (χ4n) is 2.24. The summed E-state index contributed by atoms with van der Waals surface area (Å²) in [4.78, 5) is 11.1. The Morgan fingerprint density at radius 1 is 1.10 bits per heavy atom. The molecule has 0 bridgehead atoms. The van der Waals surface area contributed by atoms with Gasteiger partial charge in [0.25, 0.3) is 0 Å². The third-order valence-corrected chi connectivity index (χ3v) is 3.30. The van der Waals surface area contributed by atoms with Crippen LogP contribution in [-0.4, -0.2) is 16.2 Å². The summed E-state index contributed by atoms with van der Waals surface area (Å²) >= 11 is 0. The molecule has 0 radical (unpaired) electrons. The lowest BCUT2D eigenvalue weighted by Crippen LogP contribution is -2.01. The highest BCUT2D eigenvalue weighted by Gasteiger charge is 2.15. The molecule has 0 aliphatic rings. The van der Waals surface area contributed by atoms with Gasteiger partial charge in [0, 0.05) is 5.56 Å². The number of benzene rings is 2. The third kappa shape index (κ3) is 3.51. The summed E-state index contributed by atoms with van der Waals surface area (Å²) in [6, 6.07) is 13.0. The Morgan fingerprint density at radius 3 is 2.43 bits per heavy atom. The van der Waals surface area contributed by atoms with Crippen LogP contribution in [0.3, 0.4) is 0 Å². The zero-order valence-corrected chi connectivity index (χ0v) is 11.9. The number of hydrogen-bond donors (Lipinski definition) is 2. The summed E-state index contributed by atoms with van der Waals surface area (Å²) in [7, 11) is 0. The van der Waals surface area contributed by atoms with Gasteiger partial charge in [-0.25, -0.2) is 4.79 Å². The average molecular weight is 282 g/mol. The molecule has 0 spiro atoms. The molecule has 2 aromatic rings. The first-order chi connectivity index (χ1) is 10.1. The maximum absolute atomic E-state index is 11.1. The molecule has 21 heavy (non-hydrogen) atoms. The van der Waals surface area contributed by atoms with Crippen molar-refractivity contribution < 1.29 is 15.0 Å². The monoisotopic (exact) mass is 282 g/mol. The van der Waals surface area contributed by atoms with Crippen LogP contribution in [-0.2, 0) is 6.42 Å². The SMILES string of the molecule is CCCc1c(C=Cc2ccccc2)ccc(C(=O)O)c1O. The predicted molar refractivity (Wildman–Crippen MR) is 84.4 cm³/mol. The topological polar surface area (TPSA) is 57.5 Å². The minimum absolute atomic E-state index is 0.0460. The fourth-order valence-corrected chi connectivity index (χ4v) is 2.24. The molecule has 0 atom stereocenters. The predicted octanol–water partition coefficient (Wildman–Crippen LogP) is 4.21. The second-order valence-electron chi connectivity index (χ2n) is 4.83. The van der Waals surface area contributed by atoms with Crippen LogP contribution in [0.4, 0.5) is 0 Å². The van der Waals surface area contributed by atoms with Crippen LogP contribution in [0.15, 0.2) is 42.5 Å². The number of aromatic hydroxyl groups is 1. The standard InChI is InChI=1S/C18H18O3/c1-2-6-15-14(10-9-13-7-4-3-5-8-13)11-12-16(17(15)19)18(20)21/h3-5,7-12,19H,2,6H2,1H3,(H,20,21). The maximum Gasteiger partial charge on any atom is 0.339 e. The number of carboxylic acids is 1. The summed E-state index contributed by atoms with van der Waals surface area (Å²) in [5.41, 5.74) is 2.55. The Balaban J connectivity index is 2.41. The zero-order chi connectivity index (χ0) is 15.2. The van der Waals surface area contributed by atoms with Gasteiger partial charge in [0.2, 0.25) is 0 Å². The van der Waals surface area contributed by atoms with Crippen molar-refractivity contribution in [3.8, 4) is 5.75 Å². The van der Waals surface area contributed by atoms with E-state index >= 15 is 0 Å². The van der Waals surface area contributed by atoms with Crippen molar-refractivity contribution in [1.29, 1.82) is 0 Å². The van der Waals surface area contributed by atoms with E-state index in [0.717, 1.165) is 17.5 Å². The van der Waals surface area contributed by atoms with Crippen molar-refractivity contribution in [2.75, 3.05) is 0 Å². The second kappa shape index (κ2) is 6.75. The number of rotatable bonds is 5. The third-order valence-electron chi connectivity index (χ3n) is 3.30. The average Bonchev–Trinajstić information content (AvgIpc) is 2.48. The van der Waals surface area contributed by atoms with Crippen molar-refractivity contribution in [3.63, 3.8) is 0 Å². The van der Waals surface area contributed by atoms with E-state index < -0.39 is 5.97 Å². The van der Waals surface area contributed by atoms with Crippen molar-refractivity contribution in [2.24, 2.45) is 0 Å². The number of hydrogen-bond acceptors (Lipinski definition) is 2. The van der Waals surface area contributed by atoms with Gasteiger partial charge >= 0.3 is 5.97 Å². The Kier molecular flexibility index (Phi) is 4.77.